The number of aliphatic carboxylic acids is 1. The summed E-state index contributed by atoms with van der Waals surface area (Å²) in [6.07, 6.45) is 0. The molecule has 14 nitrogen and oxygen atoms in total. The second-order valence-electron chi connectivity index (χ2n) is 10.3. The molecule has 0 saturated carbocycles. The molecule has 0 spiro atoms. The van der Waals surface area contributed by atoms with Gasteiger partial charge in [0, 0.05) is 24.1 Å². The first-order valence-corrected chi connectivity index (χ1v) is 16.2. The maximum absolute atomic E-state index is 13.8. The summed E-state index contributed by atoms with van der Waals surface area (Å²) in [5.74, 6) is -2.30. The van der Waals surface area contributed by atoms with E-state index in [1.165, 1.54) is 33.1 Å². The van der Waals surface area contributed by atoms with Crippen LogP contribution in [-0.4, -0.2) is 82.0 Å². The van der Waals surface area contributed by atoms with Crippen molar-refractivity contribution < 1.29 is 28.8 Å². The summed E-state index contributed by atoms with van der Waals surface area (Å²) in [7, 11) is 1.67. The van der Waals surface area contributed by atoms with Crippen LogP contribution in [0.3, 0.4) is 0 Å². The Morgan fingerprint density at radius 2 is 1.91 bits per heavy atom. The van der Waals surface area contributed by atoms with Crippen LogP contribution in [0.1, 0.15) is 27.7 Å². The van der Waals surface area contributed by atoms with Crippen LogP contribution in [0.2, 0.25) is 5.02 Å². The molecule has 2 aliphatic heterocycles. The van der Waals surface area contributed by atoms with Crippen molar-refractivity contribution in [2.45, 2.75) is 29.5 Å². The smallest absolute Gasteiger partial charge is 0.352 e. The van der Waals surface area contributed by atoms with Crippen LogP contribution in [0.5, 0.6) is 0 Å². The van der Waals surface area contributed by atoms with Gasteiger partial charge in [0.25, 0.3) is 11.8 Å². The van der Waals surface area contributed by atoms with Gasteiger partial charge in [0.2, 0.25) is 11.1 Å². The molecule has 17 heteroatoms. The van der Waals surface area contributed by atoms with Crippen molar-refractivity contribution in [3.63, 3.8) is 0 Å². The predicted octanol–water partition coefficient (Wildman–Crippen LogP) is 2.83. The molecule has 46 heavy (non-hydrogen) atoms. The first-order valence-electron chi connectivity index (χ1n) is 13.8. The fourth-order valence-corrected chi connectivity index (χ4v) is 7.71. The minimum absolute atomic E-state index is 0.106. The van der Waals surface area contributed by atoms with Crippen molar-refractivity contribution in [2.24, 2.45) is 7.05 Å². The van der Waals surface area contributed by atoms with E-state index in [2.05, 4.69) is 31.3 Å². The van der Waals surface area contributed by atoms with Crippen LogP contribution in [0, 0.1) is 6.92 Å². The molecule has 3 amide bonds. The van der Waals surface area contributed by atoms with Crippen LogP contribution < -0.4 is 10.6 Å². The zero-order chi connectivity index (χ0) is 32.5. The van der Waals surface area contributed by atoms with E-state index < -0.39 is 41.1 Å². The molecule has 0 radical (unpaired) electrons. The van der Waals surface area contributed by atoms with Crippen molar-refractivity contribution in [1.82, 2.24) is 40.9 Å². The van der Waals surface area contributed by atoms with E-state index in [9.17, 15) is 24.3 Å². The first-order chi connectivity index (χ1) is 22.2. The van der Waals surface area contributed by atoms with Crippen molar-refractivity contribution in [3.05, 3.63) is 87.8 Å². The third-order valence-electron chi connectivity index (χ3n) is 7.39. The van der Waals surface area contributed by atoms with Gasteiger partial charge < -0.3 is 20.3 Å². The molecule has 236 valence electrons. The zero-order valence-electron chi connectivity index (χ0n) is 24.2. The summed E-state index contributed by atoms with van der Waals surface area (Å²) in [4.78, 5) is 54.3. The van der Waals surface area contributed by atoms with Crippen LogP contribution in [0.15, 0.2) is 75.5 Å². The fourth-order valence-electron chi connectivity index (χ4n) is 5.15. The lowest BCUT2D eigenvalue weighted by molar-refractivity contribution is -0.151. The van der Waals surface area contributed by atoms with Crippen LogP contribution in [0.4, 0.5) is 0 Å². The van der Waals surface area contributed by atoms with Gasteiger partial charge in [-0.05, 0) is 34.6 Å². The van der Waals surface area contributed by atoms with E-state index in [-0.39, 0.29) is 28.5 Å². The molecule has 1 unspecified atom stereocenters. The Morgan fingerprint density at radius 1 is 1.17 bits per heavy atom. The molecule has 3 N–H and O–H groups in total. The quantitative estimate of drug-likeness (QED) is 0.165. The fraction of sp³-hybridized carbons (Fsp3) is 0.241. The number of halogens is 1. The number of fused-ring (bicyclic) bond motifs is 1. The number of nitrogens with zero attached hydrogens (tertiary/aromatic N) is 6. The Bertz CT molecular complexity index is 1880. The summed E-state index contributed by atoms with van der Waals surface area (Å²) >= 11 is 8.96. The molecular weight excluding hydrogens is 656 g/mol. The molecule has 4 heterocycles. The largest absolute Gasteiger partial charge is 0.477 e. The average Bonchev–Trinajstić information content (AvgIpc) is 3.65. The van der Waals surface area contributed by atoms with Crippen molar-refractivity contribution in [2.75, 3.05) is 11.5 Å². The highest BCUT2D eigenvalue weighted by Gasteiger charge is 2.54. The van der Waals surface area contributed by atoms with E-state index in [4.69, 9.17) is 16.1 Å². The second-order valence-corrected chi connectivity index (χ2v) is 12.7. The van der Waals surface area contributed by atoms with E-state index in [1.807, 2.05) is 0 Å². The zero-order valence-corrected chi connectivity index (χ0v) is 26.6. The summed E-state index contributed by atoms with van der Waals surface area (Å²) in [6, 6.07) is 13.2. The highest BCUT2D eigenvalue weighted by Crippen LogP contribution is 2.41. The summed E-state index contributed by atoms with van der Waals surface area (Å²) in [5, 5.41) is 31.0. The highest BCUT2D eigenvalue weighted by atomic mass is 35.5. The average molecular weight is 681 g/mol. The van der Waals surface area contributed by atoms with Gasteiger partial charge in [0.15, 0.2) is 0 Å². The van der Waals surface area contributed by atoms with Gasteiger partial charge in [-0.3, -0.25) is 19.3 Å². The monoisotopic (exact) mass is 680 g/mol. The minimum Gasteiger partial charge on any atom is -0.477 e. The Balaban J connectivity index is 1.22. The number of rotatable bonds is 10. The summed E-state index contributed by atoms with van der Waals surface area (Å²) in [5.41, 5.74) is 1.68. The van der Waals surface area contributed by atoms with Crippen LogP contribution in [-0.2, 0) is 21.4 Å². The number of carbonyl (C=O) groups excluding carboxylic acids is 3. The molecular formula is C29H25ClN8O6S2. The summed E-state index contributed by atoms with van der Waals surface area (Å²) in [6.45, 7) is 1.58. The van der Waals surface area contributed by atoms with Gasteiger partial charge in [-0.25, -0.2) is 9.48 Å². The van der Waals surface area contributed by atoms with Gasteiger partial charge in [-0.2, -0.15) is 0 Å². The molecule has 0 bridgehead atoms. The molecule has 0 aliphatic carbocycles. The number of hydrogen-bond acceptors (Lipinski definition) is 11. The Hall–Kier alpha value is -4.67. The number of amides is 3. The molecule has 4 aromatic rings. The SMILES string of the molecule is Cc1onc(-c2ccccc2Cl)c1C(=O)N[C@@H](C(=O)NC1C(=O)N2C(C(=O)O)=C(CSc3nnnn3C)CS[C@H]12)c1ccccc1. The normalized spacial score (nSPS) is 18.1. The topological polar surface area (TPSA) is 185 Å². The minimum atomic E-state index is -1.25. The van der Waals surface area contributed by atoms with Gasteiger partial charge in [-0.1, -0.05) is 77.1 Å². The maximum atomic E-state index is 13.8. The molecule has 2 aromatic heterocycles. The number of nitrogens with one attached hydrogen (secondary N) is 2. The van der Waals surface area contributed by atoms with Gasteiger partial charge in [0.05, 0.1) is 5.02 Å². The lowest BCUT2D eigenvalue weighted by Crippen LogP contribution is -2.71. The number of carboxylic acids is 1. The number of tetrazole rings is 1. The van der Waals surface area contributed by atoms with Gasteiger partial charge in [-0.15, -0.1) is 16.9 Å². The Kier molecular flexibility index (Phi) is 8.84. The highest BCUT2D eigenvalue weighted by molar-refractivity contribution is 8.01. The van der Waals surface area contributed by atoms with Crippen molar-refractivity contribution in [1.29, 1.82) is 0 Å². The van der Waals surface area contributed by atoms with Gasteiger partial charge >= 0.3 is 5.97 Å². The number of carboxylic acid groups (broad SMARTS) is 1. The number of aromatic nitrogens is 5. The van der Waals surface area contributed by atoms with Crippen molar-refractivity contribution >= 4 is 58.8 Å². The number of aryl methyl sites for hydroxylation is 2. The molecule has 1 saturated heterocycles. The standard InChI is InChI=1S/C29H25ClN8O6S2/c1-14-19(21(34-44-14)17-10-6-7-11-18(17)30)24(39)31-20(15-8-4-3-5-9-15)25(40)32-22-26(41)38-23(28(42)43)16(12-45-27(22)38)13-46-29-33-35-36-37(29)2/h3-11,20,22,27H,12-13H2,1-2H3,(H,31,39)(H,32,40)(H,42,43)/t20-,22?,27-/m1/s1. The Morgan fingerprint density at radius 3 is 2.61 bits per heavy atom. The molecule has 2 aliphatic rings. The lowest BCUT2D eigenvalue weighted by Gasteiger charge is -2.49. The van der Waals surface area contributed by atoms with Crippen LogP contribution >= 0.6 is 35.1 Å². The molecule has 2 aromatic carbocycles. The lowest BCUT2D eigenvalue weighted by atomic mass is 10.0. The van der Waals surface area contributed by atoms with Crippen LogP contribution in [0.25, 0.3) is 11.3 Å². The Labute approximate surface area is 274 Å². The molecule has 6 rings (SSSR count). The number of hydrogen-bond donors (Lipinski definition) is 3. The van der Waals surface area contributed by atoms with Crippen molar-refractivity contribution in [3.8, 4) is 11.3 Å². The van der Waals surface area contributed by atoms with E-state index in [0.29, 0.717) is 32.6 Å². The predicted molar refractivity (Wildman–Crippen MR) is 168 cm³/mol. The number of thioether (sulfide) groups is 2. The molecule has 3 atom stereocenters. The second kappa shape index (κ2) is 13.0. The summed E-state index contributed by atoms with van der Waals surface area (Å²) < 4.78 is 6.80. The third-order valence-corrected chi connectivity index (χ3v) is 10.2. The maximum Gasteiger partial charge on any atom is 0.352 e. The van der Waals surface area contributed by atoms with E-state index in [0.717, 1.165) is 0 Å². The van der Waals surface area contributed by atoms with E-state index in [1.54, 1.807) is 68.6 Å². The third kappa shape index (κ3) is 5.86. The number of β-lactam (4-membered cyclic amide) rings is 1. The number of carbonyl (C=O) groups is 4. The van der Waals surface area contributed by atoms with Gasteiger partial charge in [0.1, 0.15) is 40.2 Å². The first kappa shape index (κ1) is 31.3. The van der Waals surface area contributed by atoms with E-state index >= 15 is 0 Å². The number of benzene rings is 2. The molecule has 1 fully saturated rings.